The van der Waals surface area contributed by atoms with Gasteiger partial charge in [-0.05, 0) is 12.1 Å². The van der Waals surface area contributed by atoms with Crippen molar-refractivity contribution < 1.29 is 17.9 Å². The average molecular weight is 430 g/mol. The van der Waals surface area contributed by atoms with E-state index in [0.29, 0.717) is 16.2 Å². The number of primary sulfonamides is 1. The quantitative estimate of drug-likeness (QED) is 0.689. The molecule has 1 aromatic carbocycles. The van der Waals surface area contributed by atoms with Gasteiger partial charge in [0, 0.05) is 28.5 Å². The third-order valence-corrected chi connectivity index (χ3v) is 6.30. The van der Waals surface area contributed by atoms with Crippen LogP contribution >= 0.6 is 11.6 Å². The van der Waals surface area contributed by atoms with Crippen LogP contribution in [0.1, 0.15) is 10.4 Å². The Balaban J connectivity index is 1.69. The monoisotopic (exact) mass is 429 g/mol. The molecule has 3 rings (SSSR count). The molecular weight excluding hydrogens is 410 g/mol. The maximum atomic E-state index is 12.6. The topological polar surface area (TPSA) is 92.7 Å². The van der Waals surface area contributed by atoms with Crippen LogP contribution in [-0.4, -0.2) is 32.9 Å². The third kappa shape index (κ3) is 4.76. The Kier molecular flexibility index (Phi) is 6.22. The molecule has 0 radical (unpaired) electrons. The Morgan fingerprint density at radius 3 is 2.76 bits per heavy atom. The number of nitrogens with one attached hydrogen (secondary N) is 1. The predicted octanol–water partition coefficient (Wildman–Crippen LogP) is 2.24. The van der Waals surface area contributed by atoms with E-state index in [1.165, 1.54) is 25.7 Å². The second-order valence-electron chi connectivity index (χ2n) is 6.34. The number of allylic oxidation sites excluding steroid dienone is 3. The van der Waals surface area contributed by atoms with Crippen LogP contribution in [0.5, 0.6) is 0 Å². The molecule has 2 aromatic rings. The van der Waals surface area contributed by atoms with Crippen LogP contribution in [0.3, 0.4) is 0 Å². The van der Waals surface area contributed by atoms with E-state index in [2.05, 4.69) is 16.9 Å². The molecule has 29 heavy (non-hydrogen) atoms. The fourth-order valence-corrected chi connectivity index (χ4v) is 3.85. The molecule has 0 fully saturated rings. The number of hydrogen-bond acceptors (Lipinski definition) is 4. The highest BCUT2D eigenvalue weighted by atomic mass is 35.5. The largest absolute Gasteiger partial charge is 0.349 e. The van der Waals surface area contributed by atoms with Crippen molar-refractivity contribution in [3.63, 3.8) is 0 Å². The SMILES string of the molecule is C=C1C=C(S(=O)(=O)[NH2+]C)[CH+]C=C1CNC(=O)c1cncc(-c2ccccc2Cl)c1. The molecule has 0 saturated heterocycles. The number of amides is 1. The van der Waals surface area contributed by atoms with E-state index in [9.17, 15) is 13.2 Å². The van der Waals surface area contributed by atoms with Crippen molar-refractivity contribution in [2.75, 3.05) is 13.6 Å². The summed E-state index contributed by atoms with van der Waals surface area (Å²) < 4.78 is 25.0. The normalized spacial score (nSPS) is 13.9. The number of aromatic nitrogens is 1. The second-order valence-corrected chi connectivity index (χ2v) is 8.78. The molecule has 6 nitrogen and oxygen atoms in total. The van der Waals surface area contributed by atoms with Crippen molar-refractivity contribution in [3.8, 4) is 11.1 Å². The summed E-state index contributed by atoms with van der Waals surface area (Å²) in [6.07, 6.45) is 7.78. The number of rotatable bonds is 6. The average Bonchev–Trinajstić information content (AvgIpc) is 2.73. The zero-order valence-electron chi connectivity index (χ0n) is 15.7. The van der Waals surface area contributed by atoms with Crippen molar-refractivity contribution in [2.45, 2.75) is 0 Å². The number of sulfonamides is 1. The first-order valence-electron chi connectivity index (χ1n) is 8.79. The Morgan fingerprint density at radius 2 is 2.07 bits per heavy atom. The molecule has 3 N–H and O–H groups in total. The summed E-state index contributed by atoms with van der Waals surface area (Å²) in [6, 6.07) is 9.06. The van der Waals surface area contributed by atoms with Crippen molar-refractivity contribution >= 4 is 27.5 Å². The molecule has 1 heterocycles. The van der Waals surface area contributed by atoms with Crippen LogP contribution in [0, 0.1) is 6.42 Å². The minimum Gasteiger partial charge on any atom is -0.337 e. The van der Waals surface area contributed by atoms with Gasteiger partial charge in [-0.3, -0.25) is 9.78 Å². The van der Waals surface area contributed by atoms with Crippen molar-refractivity contribution in [1.29, 1.82) is 0 Å². The number of hydrogen-bond donors (Lipinski definition) is 2. The van der Waals surface area contributed by atoms with Gasteiger partial charge in [-0.15, -0.1) is 0 Å². The first-order valence-corrected chi connectivity index (χ1v) is 10.7. The molecule has 1 amide bonds. The van der Waals surface area contributed by atoms with E-state index in [-0.39, 0.29) is 17.4 Å². The highest BCUT2D eigenvalue weighted by Gasteiger charge is 2.29. The predicted molar refractivity (Wildman–Crippen MR) is 113 cm³/mol. The van der Waals surface area contributed by atoms with Gasteiger partial charge in [-0.2, -0.15) is 8.42 Å². The Hall–Kier alpha value is -2.87. The molecular formula is C21H20ClN3O3S+2. The number of carbonyl (C=O) groups excluding carboxylic acids is 1. The number of pyridine rings is 1. The van der Waals surface area contributed by atoms with Crippen LogP contribution in [0.2, 0.25) is 5.02 Å². The number of benzene rings is 1. The van der Waals surface area contributed by atoms with Gasteiger partial charge in [-0.25, -0.2) is 4.72 Å². The summed E-state index contributed by atoms with van der Waals surface area (Å²) in [5, 5.41) is 3.39. The van der Waals surface area contributed by atoms with E-state index in [0.717, 1.165) is 21.4 Å². The lowest BCUT2D eigenvalue weighted by Crippen LogP contribution is -2.83. The van der Waals surface area contributed by atoms with E-state index < -0.39 is 10.0 Å². The lowest BCUT2D eigenvalue weighted by Gasteiger charge is -2.10. The summed E-state index contributed by atoms with van der Waals surface area (Å²) in [5.41, 5.74) is 3.19. The highest BCUT2D eigenvalue weighted by Crippen LogP contribution is 2.27. The molecule has 1 aliphatic rings. The first kappa shape index (κ1) is 20.9. The summed E-state index contributed by atoms with van der Waals surface area (Å²) in [6.45, 7) is 4.10. The van der Waals surface area contributed by atoms with Crippen LogP contribution in [0.4, 0.5) is 0 Å². The maximum absolute atomic E-state index is 12.6. The van der Waals surface area contributed by atoms with Gasteiger partial charge in [0.2, 0.25) is 4.91 Å². The van der Waals surface area contributed by atoms with Crippen LogP contribution in [0.25, 0.3) is 11.1 Å². The second kappa shape index (κ2) is 8.65. The molecule has 0 aliphatic heterocycles. The Labute approximate surface area is 175 Å². The number of nitrogens with two attached hydrogens (primary N) is 1. The summed E-state index contributed by atoms with van der Waals surface area (Å²) in [4.78, 5) is 16.9. The minimum absolute atomic E-state index is 0.178. The lowest BCUT2D eigenvalue weighted by atomic mass is 10.0. The van der Waals surface area contributed by atoms with E-state index in [1.54, 1.807) is 24.4 Å². The Morgan fingerprint density at radius 1 is 1.31 bits per heavy atom. The fraction of sp³-hybridized carbons (Fsp3) is 0.0952. The summed E-state index contributed by atoms with van der Waals surface area (Å²) in [5.74, 6) is -0.301. The number of quaternary nitrogens is 1. The van der Waals surface area contributed by atoms with Gasteiger partial charge < -0.3 is 5.32 Å². The molecule has 0 bridgehead atoms. The zero-order chi connectivity index (χ0) is 21.0. The van der Waals surface area contributed by atoms with Crippen LogP contribution < -0.4 is 10.0 Å². The number of halogens is 1. The molecule has 8 heteroatoms. The number of nitrogens with zero attached hydrogens (tertiary/aromatic N) is 1. The maximum Gasteiger partial charge on any atom is 0.349 e. The molecule has 0 unspecified atom stereocenters. The van der Waals surface area contributed by atoms with E-state index in [1.807, 2.05) is 18.2 Å². The van der Waals surface area contributed by atoms with Crippen LogP contribution in [0.15, 0.2) is 77.5 Å². The minimum atomic E-state index is -3.42. The smallest absolute Gasteiger partial charge is 0.337 e. The van der Waals surface area contributed by atoms with Crippen molar-refractivity contribution in [3.05, 3.63) is 94.5 Å². The van der Waals surface area contributed by atoms with Gasteiger partial charge in [0.15, 0.2) is 0 Å². The first-order chi connectivity index (χ1) is 13.8. The molecule has 1 aliphatic carbocycles. The van der Waals surface area contributed by atoms with Gasteiger partial charge >= 0.3 is 10.0 Å². The molecule has 0 saturated carbocycles. The highest BCUT2D eigenvalue weighted by molar-refractivity contribution is 7.89. The van der Waals surface area contributed by atoms with Crippen molar-refractivity contribution in [2.24, 2.45) is 0 Å². The van der Waals surface area contributed by atoms with Crippen LogP contribution in [-0.2, 0) is 10.0 Å². The summed E-state index contributed by atoms with van der Waals surface area (Å²) in [7, 11) is -1.95. The van der Waals surface area contributed by atoms with Gasteiger partial charge in [0.25, 0.3) is 5.91 Å². The van der Waals surface area contributed by atoms with Gasteiger partial charge in [0.1, 0.15) is 0 Å². The molecule has 148 valence electrons. The van der Waals surface area contributed by atoms with Gasteiger partial charge in [-0.1, -0.05) is 36.4 Å². The zero-order valence-corrected chi connectivity index (χ0v) is 17.3. The van der Waals surface area contributed by atoms with E-state index in [4.69, 9.17) is 11.6 Å². The standard InChI is InChI=1S/C21H18ClN3O3S/c1-14-9-18(29(27,28)23-2)8-7-15(14)13-25-21(26)17-10-16(11-24-12-17)19-5-3-4-6-20(19)22/h3-12,23H,1,13H2,2H3/p+2. The fourth-order valence-electron chi connectivity index (χ4n) is 2.77. The van der Waals surface area contributed by atoms with Gasteiger partial charge in [0.05, 0.1) is 48.9 Å². The number of carbonyl (C=O) groups is 1. The lowest BCUT2D eigenvalue weighted by molar-refractivity contribution is -0.459. The molecule has 0 atom stereocenters. The van der Waals surface area contributed by atoms with Crippen molar-refractivity contribution in [1.82, 2.24) is 10.3 Å². The van der Waals surface area contributed by atoms with E-state index >= 15 is 0 Å². The summed E-state index contributed by atoms with van der Waals surface area (Å²) >= 11 is 6.22. The molecule has 0 spiro atoms. The molecule has 1 aromatic heterocycles. The Bertz CT molecular complexity index is 1140. The third-order valence-electron chi connectivity index (χ3n) is 4.44.